The lowest BCUT2D eigenvalue weighted by Crippen LogP contribution is -2.00. The Balaban J connectivity index is 2.53. The Morgan fingerprint density at radius 2 is 1.57 bits per heavy atom. The minimum absolute atomic E-state index is 0.0301. The van der Waals surface area contributed by atoms with Gasteiger partial charge in [0.25, 0.3) is 0 Å². The maximum Gasteiger partial charge on any atom is 0.133 e. The molecule has 2 nitrogen and oxygen atoms in total. The van der Waals surface area contributed by atoms with Gasteiger partial charge >= 0.3 is 0 Å². The largest absolute Gasteiger partial charge is 0.496 e. The lowest BCUT2D eigenvalue weighted by molar-refractivity contribution is 0.397. The topological polar surface area (TPSA) is 18.5 Å². The van der Waals surface area contributed by atoms with Crippen molar-refractivity contribution in [1.29, 1.82) is 0 Å². The van der Waals surface area contributed by atoms with Gasteiger partial charge in [0, 0.05) is 10.0 Å². The number of alkyl halides is 1. The first-order chi connectivity index (χ1) is 9.97. The van der Waals surface area contributed by atoms with Gasteiger partial charge in [-0.25, -0.2) is 0 Å². The van der Waals surface area contributed by atoms with E-state index in [0.717, 1.165) is 26.0 Å². The first kappa shape index (κ1) is 16.8. The van der Waals surface area contributed by atoms with Crippen molar-refractivity contribution in [2.75, 3.05) is 14.2 Å². The Labute approximate surface area is 150 Å². The molecule has 21 heavy (non-hydrogen) atoms. The predicted octanol–water partition coefficient (Wildman–Crippen LogP) is 6.02. The van der Waals surface area contributed by atoms with Crippen LogP contribution in [0.1, 0.15) is 21.5 Å². The molecule has 2 rings (SSSR count). The van der Waals surface area contributed by atoms with Crippen molar-refractivity contribution in [2.45, 2.75) is 11.8 Å². The summed E-state index contributed by atoms with van der Waals surface area (Å²) >= 11 is 10.8. The van der Waals surface area contributed by atoms with Gasteiger partial charge < -0.3 is 9.47 Å². The van der Waals surface area contributed by atoms with Gasteiger partial charge in [-0.15, -0.1) is 0 Å². The molecule has 0 aliphatic rings. The van der Waals surface area contributed by atoms with Crippen LogP contribution in [-0.2, 0) is 0 Å². The number of rotatable bonds is 4. The van der Waals surface area contributed by atoms with Crippen molar-refractivity contribution in [2.24, 2.45) is 0 Å². The standard InChI is InChI=1S/C16H15Br3O2/c1-9-6-10(17)4-5-11(9)16(19)12-7-15(21-3)13(18)8-14(12)20-2/h4-8,16H,1-3H3. The Bertz CT molecular complexity index is 656. The number of ether oxygens (including phenoxy) is 2. The van der Waals surface area contributed by atoms with Crippen LogP contribution in [0.3, 0.4) is 0 Å². The zero-order valence-corrected chi connectivity index (χ0v) is 16.7. The van der Waals surface area contributed by atoms with Crippen LogP contribution in [0.2, 0.25) is 0 Å². The van der Waals surface area contributed by atoms with E-state index in [9.17, 15) is 0 Å². The summed E-state index contributed by atoms with van der Waals surface area (Å²) in [5.74, 6) is 1.59. The van der Waals surface area contributed by atoms with Crippen LogP contribution in [0.15, 0.2) is 39.3 Å². The molecule has 2 aromatic rings. The summed E-state index contributed by atoms with van der Waals surface area (Å²) in [6.07, 6.45) is 0. The Morgan fingerprint density at radius 1 is 0.905 bits per heavy atom. The van der Waals surface area contributed by atoms with Crippen LogP contribution >= 0.6 is 47.8 Å². The molecular formula is C16H15Br3O2. The molecule has 2 aromatic carbocycles. The van der Waals surface area contributed by atoms with E-state index >= 15 is 0 Å². The second-order valence-corrected chi connectivity index (χ2v) is 7.28. The van der Waals surface area contributed by atoms with E-state index in [4.69, 9.17) is 9.47 Å². The smallest absolute Gasteiger partial charge is 0.133 e. The molecule has 0 saturated carbocycles. The molecule has 5 heteroatoms. The van der Waals surface area contributed by atoms with E-state index in [1.54, 1.807) is 14.2 Å². The predicted molar refractivity (Wildman–Crippen MR) is 96.9 cm³/mol. The van der Waals surface area contributed by atoms with Gasteiger partial charge in [-0.1, -0.05) is 37.9 Å². The van der Waals surface area contributed by atoms with Crippen LogP contribution in [0.5, 0.6) is 11.5 Å². The molecular weight excluding hydrogens is 464 g/mol. The highest BCUT2D eigenvalue weighted by molar-refractivity contribution is 9.11. The lowest BCUT2D eigenvalue weighted by atomic mass is 9.99. The van der Waals surface area contributed by atoms with Gasteiger partial charge in [-0.2, -0.15) is 0 Å². The number of halogens is 3. The summed E-state index contributed by atoms with van der Waals surface area (Å²) in [5, 5.41) is 0. The fourth-order valence-corrected chi connectivity index (χ4v) is 4.00. The van der Waals surface area contributed by atoms with Crippen LogP contribution < -0.4 is 9.47 Å². The van der Waals surface area contributed by atoms with Crippen LogP contribution in [0, 0.1) is 6.92 Å². The molecule has 0 aliphatic carbocycles. The summed E-state index contributed by atoms with van der Waals surface area (Å²) in [6, 6.07) is 10.2. The minimum atomic E-state index is 0.0301. The number of benzene rings is 2. The molecule has 0 N–H and O–H groups in total. The highest BCUT2D eigenvalue weighted by Gasteiger charge is 2.19. The molecule has 0 amide bonds. The molecule has 0 aliphatic heterocycles. The average molecular weight is 479 g/mol. The molecule has 0 bridgehead atoms. The summed E-state index contributed by atoms with van der Waals surface area (Å²) in [4.78, 5) is 0.0301. The quantitative estimate of drug-likeness (QED) is 0.500. The van der Waals surface area contributed by atoms with E-state index in [2.05, 4.69) is 66.8 Å². The van der Waals surface area contributed by atoms with Gasteiger partial charge in [0.1, 0.15) is 11.5 Å². The van der Waals surface area contributed by atoms with Crippen molar-refractivity contribution >= 4 is 47.8 Å². The van der Waals surface area contributed by atoms with E-state index in [1.165, 1.54) is 11.1 Å². The molecule has 0 fully saturated rings. The molecule has 1 atom stereocenters. The maximum atomic E-state index is 5.51. The summed E-state index contributed by atoms with van der Waals surface area (Å²) in [6.45, 7) is 2.09. The molecule has 0 aromatic heterocycles. The summed E-state index contributed by atoms with van der Waals surface area (Å²) < 4.78 is 12.8. The molecule has 112 valence electrons. The van der Waals surface area contributed by atoms with Crippen molar-refractivity contribution in [3.05, 3.63) is 56.0 Å². The summed E-state index contributed by atoms with van der Waals surface area (Å²) in [5.41, 5.74) is 3.43. The molecule has 0 heterocycles. The van der Waals surface area contributed by atoms with Crippen molar-refractivity contribution in [1.82, 2.24) is 0 Å². The second kappa shape index (κ2) is 7.16. The van der Waals surface area contributed by atoms with Gasteiger partial charge in [-0.3, -0.25) is 0 Å². The Morgan fingerprint density at radius 3 is 2.14 bits per heavy atom. The fourth-order valence-electron chi connectivity index (χ4n) is 2.17. The van der Waals surface area contributed by atoms with Gasteiger partial charge in [0.15, 0.2) is 0 Å². The number of hydrogen-bond donors (Lipinski definition) is 0. The van der Waals surface area contributed by atoms with Gasteiger partial charge in [0.2, 0.25) is 0 Å². The first-order valence-electron chi connectivity index (χ1n) is 6.29. The highest BCUT2D eigenvalue weighted by atomic mass is 79.9. The normalized spacial score (nSPS) is 12.1. The number of aryl methyl sites for hydroxylation is 1. The summed E-state index contributed by atoms with van der Waals surface area (Å²) in [7, 11) is 3.33. The monoisotopic (exact) mass is 476 g/mol. The highest BCUT2D eigenvalue weighted by Crippen LogP contribution is 2.42. The fraction of sp³-hybridized carbons (Fsp3) is 0.250. The van der Waals surface area contributed by atoms with E-state index in [0.29, 0.717) is 0 Å². The van der Waals surface area contributed by atoms with Crippen LogP contribution in [0.25, 0.3) is 0 Å². The van der Waals surface area contributed by atoms with E-state index < -0.39 is 0 Å². The van der Waals surface area contributed by atoms with Gasteiger partial charge in [-0.05, 0) is 58.2 Å². The first-order valence-corrected chi connectivity index (χ1v) is 8.79. The molecule has 0 spiro atoms. The lowest BCUT2D eigenvalue weighted by Gasteiger charge is -2.18. The Kier molecular flexibility index (Phi) is 5.74. The third-order valence-corrected chi connectivity index (χ3v) is 5.38. The van der Waals surface area contributed by atoms with Crippen LogP contribution in [0.4, 0.5) is 0 Å². The second-order valence-electron chi connectivity index (χ2n) is 4.59. The SMILES string of the molecule is COc1cc(C(Br)c2ccc(Br)cc2C)c(OC)cc1Br. The molecule has 1 unspecified atom stereocenters. The third kappa shape index (κ3) is 3.63. The van der Waals surface area contributed by atoms with E-state index in [-0.39, 0.29) is 4.83 Å². The molecule has 0 radical (unpaired) electrons. The van der Waals surface area contributed by atoms with Crippen molar-refractivity contribution in [3.8, 4) is 11.5 Å². The van der Waals surface area contributed by atoms with Crippen molar-refractivity contribution in [3.63, 3.8) is 0 Å². The Hall–Kier alpha value is -0.520. The maximum absolute atomic E-state index is 5.51. The third-order valence-electron chi connectivity index (χ3n) is 3.28. The zero-order chi connectivity index (χ0) is 15.6. The average Bonchev–Trinajstić information content (AvgIpc) is 2.46. The minimum Gasteiger partial charge on any atom is -0.496 e. The van der Waals surface area contributed by atoms with Crippen LogP contribution in [-0.4, -0.2) is 14.2 Å². The van der Waals surface area contributed by atoms with Gasteiger partial charge in [0.05, 0.1) is 23.5 Å². The zero-order valence-electron chi connectivity index (χ0n) is 11.9. The van der Waals surface area contributed by atoms with Crippen molar-refractivity contribution < 1.29 is 9.47 Å². The number of methoxy groups -OCH3 is 2. The molecule has 0 saturated heterocycles. The van der Waals surface area contributed by atoms with E-state index in [1.807, 2.05) is 18.2 Å². The number of hydrogen-bond acceptors (Lipinski definition) is 2.